The van der Waals surface area contributed by atoms with Crippen LogP contribution in [0, 0.1) is 0 Å². The van der Waals surface area contributed by atoms with Crippen molar-refractivity contribution in [3.8, 4) is 10.4 Å². The van der Waals surface area contributed by atoms with Crippen LogP contribution in [-0.4, -0.2) is 22.6 Å². The monoisotopic (exact) mass is 344 g/mol. The number of H-pyrrole nitrogens is 1. The molecule has 1 N–H and O–H groups in total. The third kappa shape index (κ3) is 3.16. The van der Waals surface area contributed by atoms with Gasteiger partial charge >= 0.3 is 11.7 Å². The third-order valence-electron chi connectivity index (χ3n) is 3.72. The quantitative estimate of drug-likeness (QED) is 0.721. The molecule has 7 heteroatoms. The number of fused-ring (bicyclic) bond motifs is 1. The summed E-state index contributed by atoms with van der Waals surface area (Å²) in [4.78, 5) is 40.1. The van der Waals surface area contributed by atoms with Crippen LogP contribution in [0.3, 0.4) is 0 Å². The number of thiophene rings is 1. The SMILES string of the molecule is COC(=O)CCCn1c(=O)[nH]c2sc(-c3ccccc3)cc2c1=O. The summed E-state index contributed by atoms with van der Waals surface area (Å²) in [5.74, 6) is -0.359. The minimum Gasteiger partial charge on any atom is -0.469 e. The molecule has 0 aliphatic heterocycles. The zero-order valence-electron chi connectivity index (χ0n) is 13.1. The molecule has 3 rings (SSSR count). The number of hydrogen-bond acceptors (Lipinski definition) is 5. The van der Waals surface area contributed by atoms with Crippen molar-refractivity contribution in [3.63, 3.8) is 0 Å². The molecule has 6 nitrogen and oxygen atoms in total. The van der Waals surface area contributed by atoms with E-state index in [9.17, 15) is 14.4 Å². The Morgan fingerprint density at radius 2 is 2.00 bits per heavy atom. The molecule has 0 saturated carbocycles. The van der Waals surface area contributed by atoms with Gasteiger partial charge in [-0.05, 0) is 18.1 Å². The average molecular weight is 344 g/mol. The molecule has 0 amide bonds. The number of ether oxygens (including phenoxy) is 1. The minimum atomic E-state index is -0.459. The van der Waals surface area contributed by atoms with Gasteiger partial charge in [0.15, 0.2) is 0 Å². The fourth-order valence-electron chi connectivity index (χ4n) is 2.48. The van der Waals surface area contributed by atoms with Crippen LogP contribution < -0.4 is 11.2 Å². The number of rotatable bonds is 5. The summed E-state index contributed by atoms with van der Waals surface area (Å²) in [6.45, 7) is 0.176. The second-order valence-electron chi connectivity index (χ2n) is 5.29. The fourth-order valence-corrected chi connectivity index (χ4v) is 3.52. The van der Waals surface area contributed by atoms with E-state index in [4.69, 9.17) is 0 Å². The highest BCUT2D eigenvalue weighted by molar-refractivity contribution is 7.21. The van der Waals surface area contributed by atoms with Crippen LogP contribution in [-0.2, 0) is 16.1 Å². The lowest BCUT2D eigenvalue weighted by Gasteiger charge is -2.03. The summed E-state index contributed by atoms with van der Waals surface area (Å²) in [6.07, 6.45) is 0.538. The second-order valence-corrected chi connectivity index (χ2v) is 6.34. The number of benzene rings is 1. The molecule has 0 saturated heterocycles. The number of carbonyl (C=O) groups excluding carboxylic acids is 1. The lowest BCUT2D eigenvalue weighted by Crippen LogP contribution is -2.34. The van der Waals surface area contributed by atoms with E-state index in [-0.39, 0.29) is 24.5 Å². The van der Waals surface area contributed by atoms with Gasteiger partial charge < -0.3 is 4.74 Å². The van der Waals surface area contributed by atoms with E-state index in [2.05, 4.69) is 9.72 Å². The van der Waals surface area contributed by atoms with Gasteiger partial charge in [-0.15, -0.1) is 11.3 Å². The predicted molar refractivity (Wildman–Crippen MR) is 93.4 cm³/mol. The van der Waals surface area contributed by atoms with E-state index in [1.807, 2.05) is 30.3 Å². The minimum absolute atomic E-state index is 0.166. The first kappa shape index (κ1) is 16.2. The van der Waals surface area contributed by atoms with Crippen molar-refractivity contribution in [2.75, 3.05) is 7.11 Å². The van der Waals surface area contributed by atoms with E-state index in [1.165, 1.54) is 18.4 Å². The zero-order valence-corrected chi connectivity index (χ0v) is 13.9. The molecule has 2 aromatic heterocycles. The van der Waals surface area contributed by atoms with Crippen LogP contribution in [0.2, 0.25) is 0 Å². The highest BCUT2D eigenvalue weighted by Crippen LogP contribution is 2.30. The summed E-state index contributed by atoms with van der Waals surface area (Å²) >= 11 is 1.38. The van der Waals surface area contributed by atoms with Gasteiger partial charge in [0.1, 0.15) is 4.83 Å². The summed E-state index contributed by atoms with van der Waals surface area (Å²) < 4.78 is 5.69. The lowest BCUT2D eigenvalue weighted by atomic mass is 10.2. The van der Waals surface area contributed by atoms with Gasteiger partial charge in [0, 0.05) is 17.8 Å². The van der Waals surface area contributed by atoms with Crippen molar-refractivity contribution in [2.24, 2.45) is 0 Å². The van der Waals surface area contributed by atoms with Gasteiger partial charge in [-0.25, -0.2) is 4.79 Å². The van der Waals surface area contributed by atoms with Crippen LogP contribution in [0.5, 0.6) is 0 Å². The van der Waals surface area contributed by atoms with Crippen LogP contribution in [0.25, 0.3) is 20.7 Å². The van der Waals surface area contributed by atoms with Gasteiger partial charge in [-0.2, -0.15) is 0 Å². The summed E-state index contributed by atoms with van der Waals surface area (Å²) in [5, 5.41) is 0.483. The Morgan fingerprint density at radius 3 is 2.71 bits per heavy atom. The standard InChI is InChI=1S/C17H16N2O4S/c1-23-14(20)8-5-9-19-16(21)12-10-13(11-6-3-2-4-7-11)24-15(12)18-17(19)22/h2-4,6-7,10H,5,8-9H2,1H3,(H,18,22). The Balaban J connectivity index is 1.96. The van der Waals surface area contributed by atoms with Crippen molar-refractivity contribution in [1.29, 1.82) is 0 Å². The first-order valence-electron chi connectivity index (χ1n) is 7.49. The Morgan fingerprint density at radius 1 is 1.25 bits per heavy atom. The van der Waals surface area contributed by atoms with Crippen molar-refractivity contribution >= 4 is 27.5 Å². The van der Waals surface area contributed by atoms with E-state index in [0.717, 1.165) is 15.0 Å². The first-order chi connectivity index (χ1) is 11.6. The number of esters is 1. The largest absolute Gasteiger partial charge is 0.469 e. The number of aromatic nitrogens is 2. The molecule has 0 aliphatic carbocycles. The van der Waals surface area contributed by atoms with E-state index in [0.29, 0.717) is 16.6 Å². The van der Waals surface area contributed by atoms with Gasteiger partial charge in [0.25, 0.3) is 5.56 Å². The number of nitrogens with zero attached hydrogens (tertiary/aromatic N) is 1. The number of hydrogen-bond donors (Lipinski definition) is 1. The molecule has 0 atom stereocenters. The molecule has 0 radical (unpaired) electrons. The summed E-state index contributed by atoms with van der Waals surface area (Å²) in [6, 6.07) is 11.5. The van der Waals surface area contributed by atoms with Crippen LogP contribution in [0.4, 0.5) is 0 Å². The molecule has 0 aliphatic rings. The Labute approximate surface area is 141 Å². The summed E-state index contributed by atoms with van der Waals surface area (Å²) in [7, 11) is 1.31. The van der Waals surface area contributed by atoms with Gasteiger partial charge in [0.2, 0.25) is 0 Å². The van der Waals surface area contributed by atoms with E-state index in [1.54, 1.807) is 6.07 Å². The first-order valence-corrected chi connectivity index (χ1v) is 8.30. The maximum absolute atomic E-state index is 12.6. The molecule has 0 spiro atoms. The molecule has 0 bridgehead atoms. The maximum atomic E-state index is 12.6. The van der Waals surface area contributed by atoms with Crippen LogP contribution in [0.1, 0.15) is 12.8 Å². The van der Waals surface area contributed by atoms with Gasteiger partial charge in [-0.1, -0.05) is 30.3 Å². The number of nitrogens with one attached hydrogen (secondary N) is 1. The fraction of sp³-hybridized carbons (Fsp3) is 0.235. The third-order valence-corrected chi connectivity index (χ3v) is 4.82. The molecule has 24 heavy (non-hydrogen) atoms. The smallest absolute Gasteiger partial charge is 0.329 e. The molecule has 2 heterocycles. The molecular formula is C17H16N2O4S. The molecule has 124 valence electrons. The van der Waals surface area contributed by atoms with Crippen LogP contribution >= 0.6 is 11.3 Å². The number of carbonyl (C=O) groups is 1. The van der Waals surface area contributed by atoms with E-state index >= 15 is 0 Å². The Hall–Kier alpha value is -2.67. The van der Waals surface area contributed by atoms with Crippen molar-refractivity contribution in [1.82, 2.24) is 9.55 Å². The Bertz CT molecular complexity index is 985. The number of aromatic amines is 1. The lowest BCUT2D eigenvalue weighted by molar-refractivity contribution is -0.140. The van der Waals surface area contributed by atoms with Crippen molar-refractivity contribution in [2.45, 2.75) is 19.4 Å². The zero-order chi connectivity index (χ0) is 17.1. The molecule has 1 aromatic carbocycles. The second kappa shape index (κ2) is 6.84. The predicted octanol–water partition coefficient (Wildman–Crippen LogP) is 2.37. The van der Waals surface area contributed by atoms with Crippen LogP contribution in [0.15, 0.2) is 46.0 Å². The van der Waals surface area contributed by atoms with Gasteiger partial charge in [-0.3, -0.25) is 19.1 Å². The maximum Gasteiger partial charge on any atom is 0.329 e. The van der Waals surface area contributed by atoms with Crippen molar-refractivity contribution < 1.29 is 9.53 Å². The summed E-state index contributed by atoms with van der Waals surface area (Å²) in [5.41, 5.74) is 0.201. The Kier molecular flexibility index (Phi) is 4.61. The molecule has 0 unspecified atom stereocenters. The normalized spacial score (nSPS) is 10.9. The topological polar surface area (TPSA) is 81.2 Å². The highest BCUT2D eigenvalue weighted by atomic mass is 32.1. The molecular weight excluding hydrogens is 328 g/mol. The molecule has 3 aromatic rings. The van der Waals surface area contributed by atoms with Gasteiger partial charge in [0.05, 0.1) is 12.5 Å². The molecule has 0 fully saturated rings. The highest BCUT2D eigenvalue weighted by Gasteiger charge is 2.12. The average Bonchev–Trinajstić information content (AvgIpc) is 3.02. The number of methoxy groups -OCH3 is 1. The van der Waals surface area contributed by atoms with E-state index < -0.39 is 5.69 Å². The van der Waals surface area contributed by atoms with Crippen molar-refractivity contribution in [3.05, 3.63) is 57.2 Å².